The van der Waals surface area contributed by atoms with Crippen LogP contribution < -0.4 is 11.5 Å². The third-order valence-corrected chi connectivity index (χ3v) is 1.65. The van der Waals surface area contributed by atoms with Gasteiger partial charge in [0.05, 0.1) is 10.7 Å². The zero-order valence-corrected chi connectivity index (χ0v) is 8.23. The summed E-state index contributed by atoms with van der Waals surface area (Å²) in [6.45, 7) is 4.17. The Bertz CT molecular complexity index is 236. The standard InChI is InChI=1S/C9H12ClN.H3N/c1-7(2)11-9-6-4-3-5-8(9)10;/h3-7,11H,1-2H3;1H3. The maximum atomic E-state index is 5.91. The second-order valence-electron chi connectivity index (χ2n) is 2.78. The van der Waals surface area contributed by atoms with Crippen molar-refractivity contribution in [2.45, 2.75) is 19.9 Å². The monoisotopic (exact) mass is 186 g/mol. The fourth-order valence-electron chi connectivity index (χ4n) is 0.889. The minimum absolute atomic E-state index is 0. The van der Waals surface area contributed by atoms with Gasteiger partial charge in [-0.2, -0.15) is 0 Å². The van der Waals surface area contributed by atoms with Gasteiger partial charge in [0, 0.05) is 6.04 Å². The predicted octanol–water partition coefficient (Wildman–Crippen LogP) is 3.32. The number of hydrogen-bond donors (Lipinski definition) is 2. The number of halogens is 1. The van der Waals surface area contributed by atoms with Crippen LogP contribution in [0.15, 0.2) is 24.3 Å². The van der Waals surface area contributed by atoms with E-state index in [0.29, 0.717) is 6.04 Å². The molecule has 0 aromatic heterocycles. The van der Waals surface area contributed by atoms with E-state index in [0.717, 1.165) is 10.7 Å². The van der Waals surface area contributed by atoms with E-state index in [-0.39, 0.29) is 6.15 Å². The van der Waals surface area contributed by atoms with Crippen molar-refractivity contribution < 1.29 is 0 Å². The molecule has 2 nitrogen and oxygen atoms in total. The Hall–Kier alpha value is -0.730. The number of hydrogen-bond acceptors (Lipinski definition) is 2. The largest absolute Gasteiger partial charge is 0.382 e. The van der Waals surface area contributed by atoms with E-state index in [1.807, 2.05) is 24.3 Å². The molecule has 0 saturated carbocycles. The van der Waals surface area contributed by atoms with E-state index in [9.17, 15) is 0 Å². The van der Waals surface area contributed by atoms with Gasteiger partial charge in [0.1, 0.15) is 0 Å². The van der Waals surface area contributed by atoms with Crippen LogP contribution in [0.1, 0.15) is 13.8 Å². The predicted molar refractivity (Wildman–Crippen MR) is 55.2 cm³/mol. The molecule has 0 radical (unpaired) electrons. The van der Waals surface area contributed by atoms with Gasteiger partial charge in [-0.25, -0.2) is 0 Å². The van der Waals surface area contributed by atoms with E-state index >= 15 is 0 Å². The number of nitrogens with one attached hydrogen (secondary N) is 1. The zero-order valence-electron chi connectivity index (χ0n) is 7.47. The third-order valence-electron chi connectivity index (χ3n) is 1.32. The average molecular weight is 187 g/mol. The topological polar surface area (TPSA) is 47.0 Å². The summed E-state index contributed by atoms with van der Waals surface area (Å²) in [7, 11) is 0. The first-order valence-electron chi connectivity index (χ1n) is 3.71. The van der Waals surface area contributed by atoms with Crippen molar-refractivity contribution in [1.82, 2.24) is 6.15 Å². The molecule has 0 saturated heterocycles. The van der Waals surface area contributed by atoms with Gasteiger partial charge in [0.25, 0.3) is 0 Å². The number of para-hydroxylation sites is 1. The van der Waals surface area contributed by atoms with Crippen molar-refractivity contribution in [3.8, 4) is 0 Å². The van der Waals surface area contributed by atoms with Crippen molar-refractivity contribution in [2.24, 2.45) is 0 Å². The van der Waals surface area contributed by atoms with Crippen LogP contribution in [-0.2, 0) is 0 Å². The first-order chi connectivity index (χ1) is 5.20. The summed E-state index contributed by atoms with van der Waals surface area (Å²) in [4.78, 5) is 0. The van der Waals surface area contributed by atoms with E-state index in [1.165, 1.54) is 0 Å². The van der Waals surface area contributed by atoms with E-state index in [1.54, 1.807) is 0 Å². The van der Waals surface area contributed by atoms with Crippen LogP contribution in [0.4, 0.5) is 5.69 Å². The van der Waals surface area contributed by atoms with E-state index in [2.05, 4.69) is 19.2 Å². The molecule has 68 valence electrons. The Morgan fingerprint density at radius 1 is 1.25 bits per heavy atom. The maximum Gasteiger partial charge on any atom is 0.0637 e. The van der Waals surface area contributed by atoms with Crippen LogP contribution in [0.25, 0.3) is 0 Å². The van der Waals surface area contributed by atoms with Gasteiger partial charge < -0.3 is 11.5 Å². The Kier molecular flexibility index (Phi) is 4.71. The number of anilines is 1. The highest BCUT2D eigenvalue weighted by Gasteiger charge is 1.98. The molecule has 0 spiro atoms. The summed E-state index contributed by atoms with van der Waals surface area (Å²) < 4.78 is 0. The molecule has 0 aliphatic rings. The van der Waals surface area contributed by atoms with Gasteiger partial charge >= 0.3 is 0 Å². The molecule has 0 amide bonds. The molecule has 3 heteroatoms. The molecule has 1 aromatic rings. The lowest BCUT2D eigenvalue weighted by Crippen LogP contribution is -2.09. The Morgan fingerprint density at radius 2 is 1.83 bits per heavy atom. The highest BCUT2D eigenvalue weighted by molar-refractivity contribution is 6.33. The average Bonchev–Trinajstić information content (AvgIpc) is 1.93. The second kappa shape index (κ2) is 5.01. The molecular formula is C9H15ClN2. The van der Waals surface area contributed by atoms with Crippen molar-refractivity contribution in [3.05, 3.63) is 29.3 Å². The van der Waals surface area contributed by atoms with Crippen LogP contribution >= 0.6 is 11.6 Å². The molecule has 4 N–H and O–H groups in total. The van der Waals surface area contributed by atoms with E-state index in [4.69, 9.17) is 11.6 Å². The molecule has 1 aromatic carbocycles. The van der Waals surface area contributed by atoms with Gasteiger partial charge in [0.2, 0.25) is 0 Å². The molecule has 1 rings (SSSR count). The van der Waals surface area contributed by atoms with Gasteiger partial charge in [-0.1, -0.05) is 23.7 Å². The third kappa shape index (κ3) is 3.11. The lowest BCUT2D eigenvalue weighted by molar-refractivity contribution is 0.900. The summed E-state index contributed by atoms with van der Waals surface area (Å²) in [5.74, 6) is 0. The minimum Gasteiger partial charge on any atom is -0.382 e. The Balaban J connectivity index is 0.00000121. The van der Waals surface area contributed by atoms with Gasteiger partial charge in [-0.15, -0.1) is 0 Å². The van der Waals surface area contributed by atoms with Gasteiger partial charge in [-0.05, 0) is 26.0 Å². The smallest absolute Gasteiger partial charge is 0.0637 e. The zero-order chi connectivity index (χ0) is 8.27. The molecule has 0 bridgehead atoms. The second-order valence-corrected chi connectivity index (χ2v) is 3.19. The molecule has 0 unspecified atom stereocenters. The van der Waals surface area contributed by atoms with Gasteiger partial charge in [0.15, 0.2) is 0 Å². The molecule has 12 heavy (non-hydrogen) atoms. The van der Waals surface area contributed by atoms with Crippen LogP contribution in [0, 0.1) is 0 Å². The molecule has 0 aliphatic heterocycles. The highest BCUT2D eigenvalue weighted by atomic mass is 35.5. The quantitative estimate of drug-likeness (QED) is 0.745. The fourth-order valence-corrected chi connectivity index (χ4v) is 1.08. The first-order valence-corrected chi connectivity index (χ1v) is 4.09. The molecule has 0 heterocycles. The maximum absolute atomic E-state index is 5.91. The molecular weight excluding hydrogens is 172 g/mol. The SMILES string of the molecule is CC(C)Nc1ccccc1Cl.N. The normalized spacial score (nSPS) is 9.33. The minimum atomic E-state index is 0. The van der Waals surface area contributed by atoms with Crippen molar-refractivity contribution in [1.29, 1.82) is 0 Å². The summed E-state index contributed by atoms with van der Waals surface area (Å²) >= 11 is 5.91. The number of rotatable bonds is 2. The van der Waals surface area contributed by atoms with Gasteiger partial charge in [-0.3, -0.25) is 0 Å². The number of benzene rings is 1. The van der Waals surface area contributed by atoms with Crippen LogP contribution in [0.2, 0.25) is 5.02 Å². The summed E-state index contributed by atoms with van der Waals surface area (Å²) in [6, 6.07) is 8.17. The Morgan fingerprint density at radius 3 is 2.33 bits per heavy atom. The molecule has 0 atom stereocenters. The van der Waals surface area contributed by atoms with E-state index < -0.39 is 0 Å². The lowest BCUT2D eigenvalue weighted by Gasteiger charge is -2.10. The van der Waals surface area contributed by atoms with Crippen molar-refractivity contribution >= 4 is 17.3 Å². The van der Waals surface area contributed by atoms with Crippen molar-refractivity contribution in [2.75, 3.05) is 5.32 Å². The molecule has 0 aliphatic carbocycles. The Labute approximate surface area is 78.5 Å². The van der Waals surface area contributed by atoms with Crippen LogP contribution in [0.3, 0.4) is 0 Å². The summed E-state index contributed by atoms with van der Waals surface area (Å²) in [5.41, 5.74) is 1.00. The fraction of sp³-hybridized carbons (Fsp3) is 0.333. The summed E-state index contributed by atoms with van der Waals surface area (Å²) in [5, 5.41) is 4.02. The van der Waals surface area contributed by atoms with Crippen LogP contribution in [0.5, 0.6) is 0 Å². The summed E-state index contributed by atoms with van der Waals surface area (Å²) in [6.07, 6.45) is 0. The molecule has 0 fully saturated rings. The van der Waals surface area contributed by atoms with Crippen LogP contribution in [-0.4, -0.2) is 6.04 Å². The highest BCUT2D eigenvalue weighted by Crippen LogP contribution is 2.20. The lowest BCUT2D eigenvalue weighted by atomic mass is 10.3. The van der Waals surface area contributed by atoms with Crippen molar-refractivity contribution in [3.63, 3.8) is 0 Å². The first kappa shape index (κ1) is 11.3.